The largest absolute Gasteiger partial charge is 0.352 e. The van der Waals surface area contributed by atoms with E-state index in [1.54, 1.807) is 23.9 Å². The van der Waals surface area contributed by atoms with Crippen molar-refractivity contribution in [3.05, 3.63) is 64.5 Å². The third kappa shape index (κ3) is 3.73. The number of rotatable bonds is 4. The summed E-state index contributed by atoms with van der Waals surface area (Å²) in [5.74, 6) is 1.11. The van der Waals surface area contributed by atoms with Crippen LogP contribution in [-0.2, 0) is 0 Å². The van der Waals surface area contributed by atoms with Gasteiger partial charge in [-0.3, -0.25) is 4.79 Å². The fourth-order valence-electron chi connectivity index (χ4n) is 4.19. The number of piperazine rings is 1. The molecule has 5 rings (SSSR count). The lowest BCUT2D eigenvalue weighted by molar-refractivity contribution is 0.0745. The number of amides is 1. The summed E-state index contributed by atoms with van der Waals surface area (Å²) in [5.41, 5.74) is 2.46. The summed E-state index contributed by atoms with van der Waals surface area (Å²) >= 11 is 7.65. The van der Waals surface area contributed by atoms with Gasteiger partial charge in [-0.25, -0.2) is 14.6 Å². The number of hydrogen-bond donors (Lipinski definition) is 0. The topological polar surface area (TPSA) is 67.2 Å². The fourth-order valence-corrected chi connectivity index (χ4v) is 5.04. The Morgan fingerprint density at radius 1 is 1.06 bits per heavy atom. The van der Waals surface area contributed by atoms with Crippen LogP contribution in [0.1, 0.15) is 35.8 Å². The van der Waals surface area contributed by atoms with E-state index in [9.17, 15) is 4.79 Å². The minimum absolute atomic E-state index is 0.0249. The Bertz CT molecular complexity index is 1260. The molecule has 0 radical (unpaired) electrons. The van der Waals surface area contributed by atoms with Crippen molar-refractivity contribution < 1.29 is 4.79 Å². The molecule has 1 aromatic carbocycles. The summed E-state index contributed by atoms with van der Waals surface area (Å²) in [6.07, 6.45) is 3.31. The van der Waals surface area contributed by atoms with Crippen molar-refractivity contribution in [1.82, 2.24) is 24.6 Å². The van der Waals surface area contributed by atoms with Gasteiger partial charge in [-0.1, -0.05) is 25.4 Å². The standard InChI is InChI=1S/C23H23ClN6OS/c1-15(2)20-19(13-27-30(20)17-5-3-16(24)4-6-17)23(31)29-10-8-28(9-11-29)21-18-7-12-32-22(18)26-14-25-21/h3-7,12-15H,8-11H2,1-2H3. The maximum atomic E-state index is 13.4. The normalized spacial score (nSPS) is 14.5. The Balaban J connectivity index is 1.36. The molecular formula is C23H23ClN6OS. The van der Waals surface area contributed by atoms with Crippen LogP contribution in [0.4, 0.5) is 5.82 Å². The number of thiophene rings is 1. The molecule has 164 valence electrons. The van der Waals surface area contributed by atoms with Crippen LogP contribution >= 0.6 is 22.9 Å². The van der Waals surface area contributed by atoms with Crippen molar-refractivity contribution in [2.24, 2.45) is 0 Å². The van der Waals surface area contributed by atoms with Gasteiger partial charge in [-0.2, -0.15) is 5.10 Å². The highest BCUT2D eigenvalue weighted by Gasteiger charge is 2.28. The number of fused-ring (bicyclic) bond motifs is 1. The summed E-state index contributed by atoms with van der Waals surface area (Å²) in [6.45, 7) is 6.90. The Kier molecular flexibility index (Phi) is 5.57. The van der Waals surface area contributed by atoms with Gasteiger partial charge in [-0.15, -0.1) is 11.3 Å². The minimum Gasteiger partial charge on any atom is -0.352 e. The number of carbonyl (C=O) groups is 1. The molecule has 4 heterocycles. The Hall–Kier alpha value is -2.97. The molecule has 7 nitrogen and oxygen atoms in total. The van der Waals surface area contributed by atoms with E-state index < -0.39 is 0 Å². The number of anilines is 1. The summed E-state index contributed by atoms with van der Waals surface area (Å²) in [4.78, 5) is 27.4. The molecule has 0 N–H and O–H groups in total. The van der Waals surface area contributed by atoms with E-state index in [4.69, 9.17) is 11.6 Å². The van der Waals surface area contributed by atoms with Crippen LogP contribution in [0.15, 0.2) is 48.2 Å². The molecular weight excluding hydrogens is 444 g/mol. The lowest BCUT2D eigenvalue weighted by atomic mass is 10.0. The predicted octanol–water partition coefficient (Wildman–Crippen LogP) is 4.62. The van der Waals surface area contributed by atoms with Crippen LogP contribution in [0.2, 0.25) is 5.02 Å². The highest BCUT2D eigenvalue weighted by atomic mass is 35.5. The van der Waals surface area contributed by atoms with Gasteiger partial charge in [0.25, 0.3) is 5.91 Å². The second-order valence-corrected chi connectivity index (χ2v) is 9.43. The lowest BCUT2D eigenvalue weighted by Crippen LogP contribution is -2.49. The van der Waals surface area contributed by atoms with Crippen LogP contribution < -0.4 is 4.90 Å². The molecule has 32 heavy (non-hydrogen) atoms. The second kappa shape index (κ2) is 8.52. The van der Waals surface area contributed by atoms with E-state index in [0.29, 0.717) is 23.7 Å². The minimum atomic E-state index is 0.0249. The van der Waals surface area contributed by atoms with Gasteiger partial charge in [0.1, 0.15) is 17.0 Å². The quantitative estimate of drug-likeness (QED) is 0.439. The van der Waals surface area contributed by atoms with Crippen LogP contribution in [0.5, 0.6) is 0 Å². The monoisotopic (exact) mass is 466 g/mol. The summed E-state index contributed by atoms with van der Waals surface area (Å²) in [7, 11) is 0. The maximum absolute atomic E-state index is 13.4. The zero-order valence-electron chi connectivity index (χ0n) is 17.9. The summed E-state index contributed by atoms with van der Waals surface area (Å²) in [5, 5.41) is 8.32. The third-order valence-corrected chi connectivity index (χ3v) is 6.83. The van der Waals surface area contributed by atoms with Crippen molar-refractivity contribution in [2.45, 2.75) is 19.8 Å². The first-order valence-electron chi connectivity index (χ1n) is 10.6. The number of nitrogens with zero attached hydrogens (tertiary/aromatic N) is 6. The molecule has 0 saturated carbocycles. The van der Waals surface area contributed by atoms with Crippen LogP contribution in [0.25, 0.3) is 15.9 Å². The zero-order valence-corrected chi connectivity index (χ0v) is 19.5. The maximum Gasteiger partial charge on any atom is 0.257 e. The smallest absolute Gasteiger partial charge is 0.257 e. The van der Waals surface area contributed by atoms with E-state index in [0.717, 1.165) is 40.5 Å². The third-order valence-electron chi connectivity index (χ3n) is 5.76. The molecule has 1 aliphatic rings. The first kappa shape index (κ1) is 20.9. The van der Waals surface area contributed by atoms with Crippen LogP contribution in [0, 0.1) is 0 Å². The van der Waals surface area contributed by atoms with Crippen molar-refractivity contribution >= 4 is 44.9 Å². The number of halogens is 1. The fraction of sp³-hybridized carbons (Fsp3) is 0.304. The molecule has 0 bridgehead atoms. The molecule has 0 spiro atoms. The number of aromatic nitrogens is 4. The molecule has 0 atom stereocenters. The Morgan fingerprint density at radius 3 is 2.53 bits per heavy atom. The summed E-state index contributed by atoms with van der Waals surface area (Å²) in [6, 6.07) is 9.57. The van der Waals surface area contributed by atoms with Gasteiger partial charge in [0.05, 0.1) is 28.5 Å². The predicted molar refractivity (Wildman–Crippen MR) is 128 cm³/mol. The molecule has 1 aliphatic heterocycles. The van der Waals surface area contributed by atoms with Crippen molar-refractivity contribution in [3.8, 4) is 5.69 Å². The molecule has 0 aliphatic carbocycles. The van der Waals surface area contributed by atoms with Crippen molar-refractivity contribution in [3.63, 3.8) is 0 Å². The first-order chi connectivity index (χ1) is 15.5. The number of carbonyl (C=O) groups excluding carboxylic acids is 1. The highest BCUT2D eigenvalue weighted by Crippen LogP contribution is 2.29. The van der Waals surface area contributed by atoms with Gasteiger partial charge in [-0.05, 0) is 41.6 Å². The number of benzene rings is 1. The van der Waals surface area contributed by atoms with E-state index in [2.05, 4.69) is 39.9 Å². The molecule has 1 fully saturated rings. The molecule has 1 saturated heterocycles. The SMILES string of the molecule is CC(C)c1c(C(=O)N2CCN(c3ncnc4sccc34)CC2)cnn1-c1ccc(Cl)cc1. The molecule has 9 heteroatoms. The van der Waals surface area contributed by atoms with E-state index >= 15 is 0 Å². The van der Waals surface area contributed by atoms with Gasteiger partial charge < -0.3 is 9.80 Å². The van der Waals surface area contributed by atoms with Gasteiger partial charge in [0.2, 0.25) is 0 Å². The van der Waals surface area contributed by atoms with Gasteiger partial charge in [0, 0.05) is 31.2 Å². The van der Waals surface area contributed by atoms with E-state index in [1.807, 2.05) is 39.2 Å². The van der Waals surface area contributed by atoms with Crippen molar-refractivity contribution in [2.75, 3.05) is 31.1 Å². The Morgan fingerprint density at radius 2 is 1.81 bits per heavy atom. The lowest BCUT2D eigenvalue weighted by Gasteiger charge is -2.35. The average Bonchev–Trinajstić information content (AvgIpc) is 3.46. The molecule has 1 amide bonds. The van der Waals surface area contributed by atoms with Crippen LogP contribution in [0.3, 0.4) is 0 Å². The Labute approximate surface area is 195 Å². The van der Waals surface area contributed by atoms with Crippen molar-refractivity contribution in [1.29, 1.82) is 0 Å². The average molecular weight is 467 g/mol. The van der Waals surface area contributed by atoms with E-state index in [1.165, 1.54) is 0 Å². The van der Waals surface area contributed by atoms with Crippen LogP contribution in [-0.4, -0.2) is 56.7 Å². The highest BCUT2D eigenvalue weighted by molar-refractivity contribution is 7.16. The second-order valence-electron chi connectivity index (χ2n) is 8.10. The van der Waals surface area contributed by atoms with Gasteiger partial charge >= 0.3 is 0 Å². The summed E-state index contributed by atoms with van der Waals surface area (Å²) < 4.78 is 1.85. The molecule has 0 unspecified atom stereocenters. The zero-order chi connectivity index (χ0) is 22.2. The molecule has 4 aromatic rings. The van der Waals surface area contributed by atoms with E-state index in [-0.39, 0.29) is 11.8 Å². The van der Waals surface area contributed by atoms with Gasteiger partial charge in [0.15, 0.2) is 0 Å². The first-order valence-corrected chi connectivity index (χ1v) is 11.8. The number of hydrogen-bond acceptors (Lipinski definition) is 6. The molecule has 3 aromatic heterocycles.